The van der Waals surface area contributed by atoms with Crippen LogP contribution in [0.2, 0.25) is 0 Å². The molecular weight excluding hydrogens is 138 g/mol. The average molecular weight is 151 g/mol. The zero-order valence-electron chi connectivity index (χ0n) is 6.98. The number of allylic oxidation sites excluding steroid dienone is 2. The van der Waals surface area contributed by atoms with Gasteiger partial charge in [-0.3, -0.25) is 4.79 Å². The molecule has 0 atom stereocenters. The van der Waals surface area contributed by atoms with Crippen molar-refractivity contribution >= 4 is 5.91 Å². The molecule has 0 bridgehead atoms. The fourth-order valence-electron chi connectivity index (χ4n) is 1.15. The van der Waals surface area contributed by atoms with Crippen LogP contribution in [-0.4, -0.2) is 13.0 Å². The van der Waals surface area contributed by atoms with Gasteiger partial charge in [-0.1, -0.05) is 17.7 Å². The standard InChI is InChI=1S/C9H13NO/c1-7-4-3-5-8(6-7)9(11)10-2/h5-6H,3-4H2,1-2H3,(H,10,11). The molecule has 0 spiro atoms. The molecule has 0 aromatic carbocycles. The van der Waals surface area contributed by atoms with Crippen molar-refractivity contribution in [1.29, 1.82) is 0 Å². The first kappa shape index (κ1) is 8.05. The summed E-state index contributed by atoms with van der Waals surface area (Å²) in [6.45, 7) is 2.05. The Balaban J connectivity index is 2.73. The zero-order chi connectivity index (χ0) is 8.27. The van der Waals surface area contributed by atoms with E-state index in [1.54, 1.807) is 7.05 Å². The second kappa shape index (κ2) is 3.37. The van der Waals surface area contributed by atoms with Crippen LogP contribution in [0.5, 0.6) is 0 Å². The third-order valence-corrected chi connectivity index (χ3v) is 1.79. The van der Waals surface area contributed by atoms with Crippen LogP contribution < -0.4 is 5.32 Å². The van der Waals surface area contributed by atoms with Gasteiger partial charge in [0.25, 0.3) is 5.91 Å². The van der Waals surface area contributed by atoms with Crippen molar-refractivity contribution < 1.29 is 4.79 Å². The number of hydrogen-bond donors (Lipinski definition) is 1. The highest BCUT2D eigenvalue weighted by Crippen LogP contribution is 2.16. The van der Waals surface area contributed by atoms with E-state index in [2.05, 4.69) is 12.2 Å². The van der Waals surface area contributed by atoms with Crippen LogP contribution in [0.15, 0.2) is 23.3 Å². The van der Waals surface area contributed by atoms with Crippen LogP contribution in [0.3, 0.4) is 0 Å². The first-order valence-corrected chi connectivity index (χ1v) is 3.83. The van der Waals surface area contributed by atoms with E-state index in [1.165, 1.54) is 5.57 Å². The summed E-state index contributed by atoms with van der Waals surface area (Å²) in [4.78, 5) is 11.1. The van der Waals surface area contributed by atoms with Crippen LogP contribution in [-0.2, 0) is 4.79 Å². The van der Waals surface area contributed by atoms with E-state index < -0.39 is 0 Å². The van der Waals surface area contributed by atoms with Crippen LogP contribution in [0.1, 0.15) is 19.8 Å². The Morgan fingerprint density at radius 2 is 2.36 bits per heavy atom. The Morgan fingerprint density at radius 3 is 2.91 bits per heavy atom. The Bertz CT molecular complexity index is 226. The molecule has 2 nitrogen and oxygen atoms in total. The van der Waals surface area contributed by atoms with Gasteiger partial charge in [0, 0.05) is 12.6 Å². The number of amides is 1. The summed E-state index contributed by atoms with van der Waals surface area (Å²) < 4.78 is 0. The third-order valence-electron chi connectivity index (χ3n) is 1.79. The van der Waals surface area contributed by atoms with Crippen molar-refractivity contribution in [3.05, 3.63) is 23.3 Å². The summed E-state index contributed by atoms with van der Waals surface area (Å²) in [6, 6.07) is 0. The maximum absolute atomic E-state index is 11.1. The molecule has 1 amide bonds. The fraction of sp³-hybridized carbons (Fsp3) is 0.444. The van der Waals surface area contributed by atoms with Crippen molar-refractivity contribution in [2.75, 3.05) is 7.05 Å². The SMILES string of the molecule is CNC(=O)C1=CCCC(C)=C1. The van der Waals surface area contributed by atoms with Crippen molar-refractivity contribution in [3.8, 4) is 0 Å². The predicted molar refractivity (Wildman–Crippen MR) is 45.1 cm³/mol. The van der Waals surface area contributed by atoms with Gasteiger partial charge in [0.15, 0.2) is 0 Å². The number of nitrogens with one attached hydrogen (secondary N) is 1. The van der Waals surface area contributed by atoms with Gasteiger partial charge >= 0.3 is 0 Å². The van der Waals surface area contributed by atoms with E-state index in [0.717, 1.165) is 18.4 Å². The molecule has 0 saturated heterocycles. The molecule has 0 saturated carbocycles. The average Bonchev–Trinajstić information content (AvgIpc) is 2.03. The van der Waals surface area contributed by atoms with Gasteiger partial charge in [-0.15, -0.1) is 0 Å². The first-order chi connectivity index (χ1) is 5.24. The second-order valence-corrected chi connectivity index (χ2v) is 2.77. The maximum atomic E-state index is 11.1. The maximum Gasteiger partial charge on any atom is 0.250 e. The lowest BCUT2D eigenvalue weighted by Crippen LogP contribution is -2.19. The van der Waals surface area contributed by atoms with E-state index in [4.69, 9.17) is 0 Å². The molecule has 0 unspecified atom stereocenters. The van der Waals surface area contributed by atoms with Gasteiger partial charge in [0.1, 0.15) is 0 Å². The second-order valence-electron chi connectivity index (χ2n) is 2.77. The van der Waals surface area contributed by atoms with Crippen LogP contribution in [0, 0.1) is 0 Å². The van der Waals surface area contributed by atoms with Gasteiger partial charge in [-0.25, -0.2) is 0 Å². The van der Waals surface area contributed by atoms with Gasteiger partial charge < -0.3 is 5.32 Å². The van der Waals surface area contributed by atoms with E-state index in [9.17, 15) is 4.79 Å². The van der Waals surface area contributed by atoms with Crippen LogP contribution >= 0.6 is 0 Å². The van der Waals surface area contributed by atoms with Crippen LogP contribution in [0.4, 0.5) is 0 Å². The Kier molecular flexibility index (Phi) is 2.47. The predicted octanol–water partition coefficient (Wildman–Crippen LogP) is 1.40. The summed E-state index contributed by atoms with van der Waals surface area (Å²) in [5.41, 5.74) is 2.09. The summed E-state index contributed by atoms with van der Waals surface area (Å²) in [5.74, 6) is 0.0176. The lowest BCUT2D eigenvalue weighted by atomic mass is 10.0. The quantitative estimate of drug-likeness (QED) is 0.603. The van der Waals surface area contributed by atoms with Gasteiger partial charge in [-0.05, 0) is 19.8 Å². The molecule has 1 aliphatic carbocycles. The molecule has 2 heteroatoms. The van der Waals surface area contributed by atoms with E-state index in [1.807, 2.05) is 12.2 Å². The van der Waals surface area contributed by atoms with Crippen molar-refractivity contribution in [2.24, 2.45) is 0 Å². The molecule has 0 heterocycles. The molecule has 60 valence electrons. The number of likely N-dealkylation sites (N-methyl/N-ethyl adjacent to an activating group) is 1. The lowest BCUT2D eigenvalue weighted by molar-refractivity contribution is -0.116. The molecule has 1 N–H and O–H groups in total. The number of rotatable bonds is 1. The van der Waals surface area contributed by atoms with Gasteiger partial charge in [0.05, 0.1) is 0 Å². The fourth-order valence-corrected chi connectivity index (χ4v) is 1.15. The monoisotopic (exact) mass is 151 g/mol. The summed E-state index contributed by atoms with van der Waals surface area (Å²) in [7, 11) is 1.65. The molecule has 0 aromatic heterocycles. The number of carbonyl (C=O) groups excluding carboxylic acids is 1. The van der Waals surface area contributed by atoms with Gasteiger partial charge in [-0.2, -0.15) is 0 Å². The number of carbonyl (C=O) groups is 1. The normalized spacial score (nSPS) is 16.9. The molecule has 0 radical (unpaired) electrons. The van der Waals surface area contributed by atoms with E-state index in [0.29, 0.717) is 0 Å². The topological polar surface area (TPSA) is 29.1 Å². The van der Waals surface area contributed by atoms with E-state index in [-0.39, 0.29) is 5.91 Å². The largest absolute Gasteiger partial charge is 0.355 e. The minimum atomic E-state index is 0.0176. The molecule has 0 fully saturated rings. The molecule has 0 aromatic rings. The highest BCUT2D eigenvalue weighted by molar-refractivity contribution is 5.96. The first-order valence-electron chi connectivity index (χ1n) is 3.83. The van der Waals surface area contributed by atoms with Crippen LogP contribution in [0.25, 0.3) is 0 Å². The third kappa shape index (κ3) is 1.93. The van der Waals surface area contributed by atoms with Gasteiger partial charge in [0.2, 0.25) is 0 Å². The van der Waals surface area contributed by atoms with E-state index >= 15 is 0 Å². The van der Waals surface area contributed by atoms with Crippen molar-refractivity contribution in [2.45, 2.75) is 19.8 Å². The minimum absolute atomic E-state index is 0.0176. The molecule has 11 heavy (non-hydrogen) atoms. The smallest absolute Gasteiger partial charge is 0.250 e. The molecule has 1 rings (SSSR count). The minimum Gasteiger partial charge on any atom is -0.355 e. The summed E-state index contributed by atoms with van der Waals surface area (Å²) >= 11 is 0. The number of hydrogen-bond acceptors (Lipinski definition) is 1. The Labute approximate surface area is 67.0 Å². The Morgan fingerprint density at radius 1 is 1.64 bits per heavy atom. The molecule has 1 aliphatic rings. The highest BCUT2D eigenvalue weighted by atomic mass is 16.1. The Hall–Kier alpha value is -1.05. The summed E-state index contributed by atoms with van der Waals surface area (Å²) in [6.07, 6.45) is 6.00. The van der Waals surface area contributed by atoms with Crippen molar-refractivity contribution in [3.63, 3.8) is 0 Å². The lowest BCUT2D eigenvalue weighted by Gasteiger charge is -2.08. The zero-order valence-corrected chi connectivity index (χ0v) is 6.98. The molecule has 0 aliphatic heterocycles. The van der Waals surface area contributed by atoms with Crippen molar-refractivity contribution in [1.82, 2.24) is 5.32 Å². The molecular formula is C9H13NO. The highest BCUT2D eigenvalue weighted by Gasteiger charge is 2.07. The summed E-state index contributed by atoms with van der Waals surface area (Å²) in [5, 5.41) is 2.60.